The number of guanidine groups is 1. The van der Waals surface area contributed by atoms with Crippen LogP contribution in [0, 0.1) is 0 Å². The van der Waals surface area contributed by atoms with Crippen LogP contribution >= 0.6 is 24.0 Å². The Labute approximate surface area is 190 Å². The lowest BCUT2D eigenvalue weighted by Gasteiger charge is -2.37. The average molecular weight is 516 g/mol. The monoisotopic (exact) mass is 516 g/mol. The second-order valence-corrected chi connectivity index (χ2v) is 7.84. The molecule has 0 saturated carbocycles. The largest absolute Gasteiger partial charge is 0.368 e. The van der Waals surface area contributed by atoms with Gasteiger partial charge in [0.15, 0.2) is 5.96 Å². The van der Waals surface area contributed by atoms with E-state index in [0.717, 1.165) is 76.6 Å². The molecule has 2 fully saturated rings. The zero-order valence-corrected chi connectivity index (χ0v) is 19.6. The molecule has 162 valence electrons. The number of nitrogens with one attached hydrogen (secondary N) is 1. The highest BCUT2D eigenvalue weighted by atomic mass is 127. The van der Waals surface area contributed by atoms with E-state index >= 15 is 0 Å². The van der Waals surface area contributed by atoms with Gasteiger partial charge in [-0.05, 0) is 25.7 Å². The Kier molecular flexibility index (Phi) is 8.16. The average Bonchev–Trinajstić information content (AvgIpc) is 3.40. The van der Waals surface area contributed by atoms with Crippen LogP contribution in [0.2, 0.25) is 0 Å². The quantitative estimate of drug-likeness (QED) is 0.371. The standard InChI is InChI=1S/C20H32N6O2.HI/c1-21-20(22-8-7-16-15-26-9-3-2-6-18(26)23-16)25-12-10-24(11-13-25)19(27)17-5-4-14-28-17;/h15,17H,2-14H2,1H3,(H,21,22);1H. The van der Waals surface area contributed by atoms with Gasteiger partial charge in [-0.25, -0.2) is 4.98 Å². The van der Waals surface area contributed by atoms with E-state index in [2.05, 4.69) is 26.0 Å². The Hall–Kier alpha value is -1.36. The summed E-state index contributed by atoms with van der Waals surface area (Å²) in [5, 5.41) is 3.47. The predicted octanol–water partition coefficient (Wildman–Crippen LogP) is 1.28. The lowest BCUT2D eigenvalue weighted by molar-refractivity contribution is -0.142. The summed E-state index contributed by atoms with van der Waals surface area (Å²) in [6.07, 6.45) is 8.35. The molecule has 1 amide bonds. The summed E-state index contributed by atoms with van der Waals surface area (Å²) in [5.41, 5.74) is 1.16. The smallest absolute Gasteiger partial charge is 0.251 e. The van der Waals surface area contributed by atoms with E-state index in [0.29, 0.717) is 6.61 Å². The molecule has 1 unspecified atom stereocenters. The summed E-state index contributed by atoms with van der Waals surface area (Å²) in [6, 6.07) is 0. The van der Waals surface area contributed by atoms with Gasteiger partial charge in [-0.15, -0.1) is 24.0 Å². The Morgan fingerprint density at radius 2 is 2.00 bits per heavy atom. The Balaban J connectivity index is 0.00000240. The van der Waals surface area contributed by atoms with Gasteiger partial charge in [0.1, 0.15) is 11.9 Å². The van der Waals surface area contributed by atoms with Crippen molar-refractivity contribution in [2.45, 2.75) is 51.2 Å². The van der Waals surface area contributed by atoms with E-state index in [4.69, 9.17) is 9.72 Å². The maximum absolute atomic E-state index is 12.5. The Morgan fingerprint density at radius 3 is 2.69 bits per heavy atom. The van der Waals surface area contributed by atoms with Crippen LogP contribution in [-0.4, -0.2) is 83.7 Å². The lowest BCUT2D eigenvalue weighted by Crippen LogP contribution is -2.55. The van der Waals surface area contributed by atoms with Gasteiger partial charge < -0.3 is 24.4 Å². The molecule has 0 spiro atoms. The van der Waals surface area contributed by atoms with Crippen LogP contribution in [0.3, 0.4) is 0 Å². The minimum Gasteiger partial charge on any atom is -0.368 e. The van der Waals surface area contributed by atoms with Gasteiger partial charge in [0.2, 0.25) is 0 Å². The van der Waals surface area contributed by atoms with Crippen molar-refractivity contribution < 1.29 is 9.53 Å². The number of hydrogen-bond acceptors (Lipinski definition) is 4. The van der Waals surface area contributed by atoms with Gasteiger partial charge >= 0.3 is 0 Å². The van der Waals surface area contributed by atoms with Crippen molar-refractivity contribution in [3.63, 3.8) is 0 Å². The highest BCUT2D eigenvalue weighted by Gasteiger charge is 2.30. The van der Waals surface area contributed by atoms with Crippen molar-refractivity contribution in [3.05, 3.63) is 17.7 Å². The summed E-state index contributed by atoms with van der Waals surface area (Å²) >= 11 is 0. The highest BCUT2D eigenvalue weighted by molar-refractivity contribution is 14.0. The molecule has 29 heavy (non-hydrogen) atoms. The first-order valence-electron chi connectivity index (χ1n) is 10.7. The molecule has 0 aromatic carbocycles. The number of halogens is 1. The molecular weight excluding hydrogens is 483 g/mol. The number of aromatic nitrogens is 2. The fourth-order valence-corrected chi connectivity index (χ4v) is 4.34. The zero-order chi connectivity index (χ0) is 19.3. The highest BCUT2D eigenvalue weighted by Crippen LogP contribution is 2.16. The van der Waals surface area contributed by atoms with E-state index in [1.807, 2.05) is 11.9 Å². The number of fused-ring (bicyclic) bond motifs is 1. The first kappa shape index (κ1) is 22.3. The minimum atomic E-state index is -0.218. The van der Waals surface area contributed by atoms with Crippen LogP contribution in [0.15, 0.2) is 11.2 Å². The molecular formula is C20H33IN6O2. The third-order valence-corrected chi connectivity index (χ3v) is 5.93. The topological polar surface area (TPSA) is 75.0 Å². The van der Waals surface area contributed by atoms with Crippen LogP contribution in [0.25, 0.3) is 0 Å². The third-order valence-electron chi connectivity index (χ3n) is 5.93. The predicted molar refractivity (Wildman–Crippen MR) is 123 cm³/mol. The molecule has 0 bridgehead atoms. The summed E-state index contributed by atoms with van der Waals surface area (Å²) in [7, 11) is 1.82. The van der Waals surface area contributed by atoms with E-state index in [1.165, 1.54) is 18.7 Å². The molecule has 4 heterocycles. The molecule has 1 atom stereocenters. The number of piperazine rings is 1. The fraction of sp³-hybridized carbons (Fsp3) is 0.750. The number of carbonyl (C=O) groups excluding carboxylic acids is 1. The zero-order valence-electron chi connectivity index (χ0n) is 17.3. The van der Waals surface area contributed by atoms with Crippen molar-refractivity contribution in [2.75, 3.05) is 46.4 Å². The molecule has 1 N–H and O–H groups in total. The van der Waals surface area contributed by atoms with Crippen molar-refractivity contribution in [2.24, 2.45) is 4.99 Å². The summed E-state index contributed by atoms with van der Waals surface area (Å²) in [5.74, 6) is 2.30. The molecule has 4 rings (SSSR count). The number of hydrogen-bond donors (Lipinski definition) is 1. The van der Waals surface area contributed by atoms with Crippen LogP contribution in [-0.2, 0) is 28.9 Å². The number of amides is 1. The number of carbonyl (C=O) groups is 1. The fourth-order valence-electron chi connectivity index (χ4n) is 4.34. The second-order valence-electron chi connectivity index (χ2n) is 7.84. The van der Waals surface area contributed by atoms with Crippen molar-refractivity contribution in [3.8, 4) is 0 Å². The molecule has 8 nitrogen and oxygen atoms in total. The van der Waals surface area contributed by atoms with E-state index in [-0.39, 0.29) is 36.0 Å². The molecule has 2 saturated heterocycles. The first-order chi connectivity index (χ1) is 13.7. The van der Waals surface area contributed by atoms with E-state index < -0.39 is 0 Å². The molecule has 1 aromatic heterocycles. The van der Waals surface area contributed by atoms with Crippen LogP contribution in [0.1, 0.15) is 37.2 Å². The van der Waals surface area contributed by atoms with Crippen LogP contribution in [0.5, 0.6) is 0 Å². The number of aryl methyl sites for hydroxylation is 2. The van der Waals surface area contributed by atoms with Crippen LogP contribution in [0.4, 0.5) is 0 Å². The first-order valence-corrected chi connectivity index (χ1v) is 10.7. The SMILES string of the molecule is CN=C(NCCc1cn2c(n1)CCCC2)N1CCN(C(=O)C2CCCO2)CC1.I. The number of nitrogens with zero attached hydrogens (tertiary/aromatic N) is 5. The third kappa shape index (κ3) is 5.42. The van der Waals surface area contributed by atoms with Gasteiger partial charge in [-0.2, -0.15) is 0 Å². The number of imidazole rings is 1. The minimum absolute atomic E-state index is 0. The van der Waals surface area contributed by atoms with Crippen molar-refractivity contribution >= 4 is 35.8 Å². The second kappa shape index (κ2) is 10.6. The molecule has 1 aromatic rings. The molecule has 0 radical (unpaired) electrons. The number of aliphatic imine (C=N–C) groups is 1. The van der Waals surface area contributed by atoms with Gasteiger partial charge in [0, 0.05) is 72.0 Å². The number of rotatable bonds is 4. The van der Waals surface area contributed by atoms with Crippen molar-refractivity contribution in [1.29, 1.82) is 0 Å². The van der Waals surface area contributed by atoms with E-state index in [9.17, 15) is 4.79 Å². The van der Waals surface area contributed by atoms with Gasteiger partial charge in [0.25, 0.3) is 5.91 Å². The summed E-state index contributed by atoms with van der Waals surface area (Å²) in [6.45, 7) is 5.70. The van der Waals surface area contributed by atoms with Gasteiger partial charge in [0.05, 0.1) is 5.69 Å². The number of ether oxygens (including phenoxy) is 1. The molecule has 0 aliphatic carbocycles. The van der Waals surface area contributed by atoms with Gasteiger partial charge in [-0.1, -0.05) is 0 Å². The maximum atomic E-state index is 12.5. The summed E-state index contributed by atoms with van der Waals surface area (Å²) < 4.78 is 7.84. The van der Waals surface area contributed by atoms with Gasteiger partial charge in [-0.3, -0.25) is 9.79 Å². The lowest BCUT2D eigenvalue weighted by atomic mass is 10.2. The van der Waals surface area contributed by atoms with Crippen molar-refractivity contribution in [1.82, 2.24) is 24.7 Å². The Bertz CT molecular complexity index is 684. The molecule has 3 aliphatic heterocycles. The molecule has 9 heteroatoms. The normalized spacial score (nSPS) is 22.2. The molecule has 3 aliphatic rings. The Morgan fingerprint density at radius 1 is 1.21 bits per heavy atom. The maximum Gasteiger partial charge on any atom is 0.251 e. The summed E-state index contributed by atoms with van der Waals surface area (Å²) in [4.78, 5) is 25.9. The van der Waals surface area contributed by atoms with E-state index in [1.54, 1.807) is 0 Å². The van der Waals surface area contributed by atoms with Crippen LogP contribution < -0.4 is 5.32 Å².